The third-order valence-corrected chi connectivity index (χ3v) is 9.26. The first-order valence-corrected chi connectivity index (χ1v) is 17.3. The maximum absolute atomic E-state index is 12.9. The molecule has 2 fully saturated rings. The van der Waals surface area contributed by atoms with Crippen LogP contribution < -0.4 is 10.6 Å². The number of unbranched alkanes of at least 4 members (excludes halogenated alkanes) is 1. The number of carbonyl (C=O) groups is 3. The van der Waals surface area contributed by atoms with Crippen LogP contribution >= 0.6 is 0 Å². The first kappa shape index (κ1) is 40.3. The summed E-state index contributed by atoms with van der Waals surface area (Å²) >= 11 is 0. The summed E-state index contributed by atoms with van der Waals surface area (Å²) in [5.74, 6) is -1.28. The quantitative estimate of drug-likeness (QED) is 0.215. The highest BCUT2D eigenvalue weighted by Gasteiger charge is 2.22. The third-order valence-electron chi connectivity index (χ3n) is 9.26. The summed E-state index contributed by atoms with van der Waals surface area (Å²) in [6.07, 6.45) is 1.58. The molecule has 0 saturated carbocycles. The van der Waals surface area contributed by atoms with E-state index in [2.05, 4.69) is 92.1 Å². The molecule has 14 nitrogen and oxygen atoms in total. The fraction of sp³-hybridized carbons (Fsp3) is 0.906. The fourth-order valence-corrected chi connectivity index (χ4v) is 5.49. The molecule has 0 bridgehead atoms. The zero-order valence-corrected chi connectivity index (χ0v) is 29.9. The van der Waals surface area contributed by atoms with Crippen LogP contribution in [-0.2, 0) is 14.4 Å². The summed E-state index contributed by atoms with van der Waals surface area (Å²) in [5.41, 5.74) is 0. The van der Waals surface area contributed by atoms with E-state index < -0.39 is 12.0 Å². The van der Waals surface area contributed by atoms with E-state index in [9.17, 15) is 19.5 Å². The van der Waals surface area contributed by atoms with E-state index in [1.165, 1.54) is 0 Å². The topological polar surface area (TPSA) is 121 Å². The molecule has 0 spiro atoms. The van der Waals surface area contributed by atoms with Gasteiger partial charge in [0.15, 0.2) is 0 Å². The van der Waals surface area contributed by atoms with Crippen LogP contribution in [0.4, 0.5) is 0 Å². The van der Waals surface area contributed by atoms with Crippen LogP contribution in [0.1, 0.15) is 19.3 Å². The Kier molecular flexibility index (Phi) is 19.8. The Labute approximate surface area is 278 Å². The van der Waals surface area contributed by atoms with Crippen molar-refractivity contribution in [2.45, 2.75) is 25.3 Å². The number of amides is 2. The molecule has 3 N–H and O–H groups in total. The number of likely N-dealkylation sites (N-methyl/N-ethyl adjacent to an activating group) is 6. The van der Waals surface area contributed by atoms with Gasteiger partial charge in [0.2, 0.25) is 11.8 Å². The number of nitrogens with zero attached hydrogens (tertiary/aromatic N) is 8. The van der Waals surface area contributed by atoms with Gasteiger partial charge in [-0.25, -0.2) is 4.79 Å². The van der Waals surface area contributed by atoms with Gasteiger partial charge < -0.3 is 45.1 Å². The van der Waals surface area contributed by atoms with Crippen molar-refractivity contribution in [1.82, 2.24) is 49.8 Å². The molecule has 268 valence electrons. The van der Waals surface area contributed by atoms with E-state index in [-0.39, 0.29) is 18.4 Å². The monoisotopic (exact) mass is 655 g/mol. The van der Waals surface area contributed by atoms with Crippen molar-refractivity contribution in [3.63, 3.8) is 0 Å². The molecule has 2 aliphatic heterocycles. The van der Waals surface area contributed by atoms with Gasteiger partial charge in [-0.2, -0.15) is 0 Å². The number of carbonyl (C=O) groups excluding carboxylic acids is 2. The second-order valence-corrected chi connectivity index (χ2v) is 13.7. The molecule has 46 heavy (non-hydrogen) atoms. The van der Waals surface area contributed by atoms with Gasteiger partial charge in [0, 0.05) is 111 Å². The molecule has 2 aliphatic rings. The van der Waals surface area contributed by atoms with Gasteiger partial charge >= 0.3 is 5.97 Å². The van der Waals surface area contributed by atoms with Crippen LogP contribution in [0.15, 0.2) is 0 Å². The average Bonchev–Trinajstić information content (AvgIpc) is 3.01. The molecule has 1 atom stereocenters. The van der Waals surface area contributed by atoms with Gasteiger partial charge in [-0.05, 0) is 61.5 Å². The van der Waals surface area contributed by atoms with E-state index in [0.29, 0.717) is 32.4 Å². The van der Waals surface area contributed by atoms with Crippen LogP contribution in [0, 0.1) is 0 Å². The molecule has 0 aliphatic carbocycles. The largest absolute Gasteiger partial charge is 0.480 e. The molecule has 2 heterocycles. The highest BCUT2D eigenvalue weighted by atomic mass is 16.4. The fourth-order valence-electron chi connectivity index (χ4n) is 5.49. The normalized spacial score (nSPS) is 22.6. The van der Waals surface area contributed by atoms with Crippen LogP contribution in [-0.4, -0.2) is 235 Å². The molecule has 0 unspecified atom stereocenters. The average molecular weight is 655 g/mol. The minimum atomic E-state index is -1.02. The Morgan fingerprint density at radius 1 is 0.522 bits per heavy atom. The Morgan fingerprint density at radius 3 is 1.20 bits per heavy atom. The summed E-state index contributed by atoms with van der Waals surface area (Å²) in [6, 6.07) is -0.937. The molecule has 2 saturated heterocycles. The first-order valence-electron chi connectivity index (χ1n) is 17.3. The van der Waals surface area contributed by atoms with Crippen molar-refractivity contribution < 1.29 is 19.5 Å². The van der Waals surface area contributed by atoms with E-state index in [4.69, 9.17) is 0 Å². The highest BCUT2D eigenvalue weighted by molar-refractivity contribution is 5.84. The number of hydrogen-bond donors (Lipinski definition) is 3. The number of hydrogen-bond acceptors (Lipinski definition) is 11. The van der Waals surface area contributed by atoms with Crippen LogP contribution in [0.5, 0.6) is 0 Å². The van der Waals surface area contributed by atoms with Gasteiger partial charge in [-0.1, -0.05) is 0 Å². The summed E-state index contributed by atoms with van der Waals surface area (Å²) in [4.78, 5) is 55.9. The molecule has 2 rings (SSSR count). The van der Waals surface area contributed by atoms with E-state index in [1.807, 2.05) is 0 Å². The maximum atomic E-state index is 12.9. The lowest BCUT2D eigenvalue weighted by Gasteiger charge is -2.30. The number of carboxylic acids is 1. The van der Waals surface area contributed by atoms with Crippen LogP contribution in [0.25, 0.3) is 0 Å². The number of carboxylic acid groups (broad SMARTS) is 1. The SMILES string of the molecule is CN1CCN(C)CCN(CC(=O)NCCCC[C@H](NC(=O)CN2CCN(C)CCN(C)CCN(C)CC2)C(=O)O)CCN(C)CC1. The van der Waals surface area contributed by atoms with Gasteiger partial charge in [0.1, 0.15) is 6.04 Å². The van der Waals surface area contributed by atoms with Crippen LogP contribution in [0.3, 0.4) is 0 Å². The Balaban J connectivity index is 1.74. The number of rotatable bonds is 11. The van der Waals surface area contributed by atoms with Crippen molar-refractivity contribution in [3.8, 4) is 0 Å². The second-order valence-electron chi connectivity index (χ2n) is 13.7. The molecular formula is C32H66N10O4. The summed E-state index contributed by atoms with van der Waals surface area (Å²) in [7, 11) is 12.8. The lowest BCUT2D eigenvalue weighted by Crippen LogP contribution is -2.49. The van der Waals surface area contributed by atoms with Crippen molar-refractivity contribution >= 4 is 17.8 Å². The lowest BCUT2D eigenvalue weighted by molar-refractivity contribution is -0.142. The molecule has 0 radical (unpaired) electrons. The zero-order valence-electron chi connectivity index (χ0n) is 29.9. The first-order chi connectivity index (χ1) is 21.9. The van der Waals surface area contributed by atoms with Crippen LogP contribution in [0.2, 0.25) is 0 Å². The van der Waals surface area contributed by atoms with Gasteiger partial charge in [0.05, 0.1) is 13.1 Å². The minimum Gasteiger partial charge on any atom is -0.480 e. The Morgan fingerprint density at radius 2 is 0.848 bits per heavy atom. The van der Waals surface area contributed by atoms with Gasteiger partial charge in [-0.3, -0.25) is 19.4 Å². The summed E-state index contributed by atoms with van der Waals surface area (Å²) in [5, 5.41) is 15.6. The third kappa shape index (κ3) is 18.4. The predicted octanol–water partition coefficient (Wildman–Crippen LogP) is -1.94. The molecular weight excluding hydrogens is 588 g/mol. The van der Waals surface area contributed by atoms with Gasteiger partial charge in [-0.15, -0.1) is 0 Å². The van der Waals surface area contributed by atoms with E-state index in [0.717, 1.165) is 105 Å². The lowest BCUT2D eigenvalue weighted by atomic mass is 10.1. The number of nitrogens with one attached hydrogen (secondary N) is 2. The molecule has 2 amide bonds. The number of aliphatic carboxylic acids is 1. The smallest absolute Gasteiger partial charge is 0.326 e. The predicted molar refractivity (Wildman–Crippen MR) is 184 cm³/mol. The van der Waals surface area contributed by atoms with E-state index in [1.54, 1.807) is 0 Å². The zero-order chi connectivity index (χ0) is 33.9. The molecule has 0 aromatic carbocycles. The second kappa shape index (κ2) is 22.6. The standard InChI is InChI=1S/C32H66N10O4/c1-35-11-15-37(3)19-23-41(24-20-38(4)16-12-35)27-30(43)33-10-8-7-9-29(32(45)46)34-31(44)28-42-25-21-39(5)17-13-36(2)14-18-40(6)22-26-42/h29H,7-28H2,1-6H3,(H,33,43)(H,34,44)(H,45,46)/t29-/m0/s1. The summed E-state index contributed by atoms with van der Waals surface area (Å²) in [6.45, 7) is 15.7. The van der Waals surface area contributed by atoms with Crippen molar-refractivity contribution in [2.75, 3.05) is 167 Å². The molecule has 14 heteroatoms. The van der Waals surface area contributed by atoms with E-state index >= 15 is 0 Å². The minimum absolute atomic E-state index is 0.00499. The molecule has 0 aromatic rings. The van der Waals surface area contributed by atoms with Crippen molar-refractivity contribution in [3.05, 3.63) is 0 Å². The Hall–Kier alpha value is -1.91. The maximum Gasteiger partial charge on any atom is 0.326 e. The highest BCUT2D eigenvalue weighted by Crippen LogP contribution is 2.03. The Bertz CT molecular complexity index is 848. The van der Waals surface area contributed by atoms with Crippen molar-refractivity contribution in [1.29, 1.82) is 0 Å². The molecule has 0 aromatic heterocycles. The summed E-state index contributed by atoms with van der Waals surface area (Å²) < 4.78 is 0. The van der Waals surface area contributed by atoms with Crippen molar-refractivity contribution in [2.24, 2.45) is 0 Å². The van der Waals surface area contributed by atoms with Gasteiger partial charge in [0.25, 0.3) is 0 Å².